The number of carbonyl (C=O) groups is 2. The highest BCUT2D eigenvalue weighted by Gasteiger charge is 2.36. The third-order valence-electron chi connectivity index (χ3n) is 4.87. The Balaban J connectivity index is 2.14. The largest absolute Gasteiger partial charge is 0.349 e. The fourth-order valence-electron chi connectivity index (χ4n) is 2.91. The molecule has 156 valence electrons. The average Bonchev–Trinajstić information content (AvgIpc) is 3.27. The highest BCUT2D eigenvalue weighted by Crippen LogP contribution is 2.30. The summed E-state index contributed by atoms with van der Waals surface area (Å²) >= 11 is 1.05. The summed E-state index contributed by atoms with van der Waals surface area (Å²) in [5.41, 5.74) is 0.664. The molecule has 0 fully saturated rings. The first-order valence-corrected chi connectivity index (χ1v) is 10.4. The molecule has 1 heterocycles. The summed E-state index contributed by atoms with van der Waals surface area (Å²) in [6.07, 6.45) is 0.699. The van der Waals surface area contributed by atoms with Crippen LogP contribution in [0.1, 0.15) is 49.3 Å². The fraction of sp³-hybridized carbons (Fsp3) is 0.273. The van der Waals surface area contributed by atoms with Gasteiger partial charge in [0.2, 0.25) is 5.91 Å². The standard InChI is InChI=1S/C22H23FN4O2S/c1-4-22(2,3)24-20(28)19(15-10-12-16(23)13-11-15)27(17-8-6-5-7-9-17)21(29)18-14-30-26-25-18/h5-14,19H,4H2,1-3H3,(H,24,28). The van der Waals surface area contributed by atoms with Gasteiger partial charge in [0.05, 0.1) is 0 Å². The number of carbonyl (C=O) groups excluding carboxylic acids is 2. The van der Waals surface area contributed by atoms with Crippen molar-refractivity contribution < 1.29 is 14.0 Å². The van der Waals surface area contributed by atoms with Crippen LogP contribution in [-0.2, 0) is 4.79 Å². The van der Waals surface area contributed by atoms with E-state index in [1.165, 1.54) is 34.5 Å². The molecule has 0 aliphatic heterocycles. The van der Waals surface area contributed by atoms with Gasteiger partial charge in [0.15, 0.2) is 5.69 Å². The van der Waals surface area contributed by atoms with Gasteiger partial charge in [0, 0.05) is 16.6 Å². The Kier molecular flexibility index (Phi) is 6.56. The maximum absolute atomic E-state index is 13.6. The molecule has 0 bridgehead atoms. The number of benzene rings is 2. The van der Waals surface area contributed by atoms with E-state index in [1.54, 1.807) is 24.3 Å². The molecule has 1 N–H and O–H groups in total. The van der Waals surface area contributed by atoms with E-state index in [-0.39, 0.29) is 11.6 Å². The number of para-hydroxylation sites is 1. The number of nitrogens with zero attached hydrogens (tertiary/aromatic N) is 3. The molecule has 30 heavy (non-hydrogen) atoms. The zero-order valence-corrected chi connectivity index (χ0v) is 17.8. The fourth-order valence-corrected chi connectivity index (χ4v) is 3.34. The molecule has 2 aromatic carbocycles. The molecule has 8 heteroatoms. The summed E-state index contributed by atoms with van der Waals surface area (Å²) in [6, 6.07) is 13.4. The van der Waals surface area contributed by atoms with Gasteiger partial charge in [0.1, 0.15) is 11.9 Å². The third kappa shape index (κ3) is 4.88. The summed E-state index contributed by atoms with van der Waals surface area (Å²) < 4.78 is 17.4. The summed E-state index contributed by atoms with van der Waals surface area (Å²) in [6.45, 7) is 5.78. The number of hydrogen-bond donors (Lipinski definition) is 1. The summed E-state index contributed by atoms with van der Waals surface area (Å²) in [5.74, 6) is -1.25. The Bertz CT molecular complexity index is 992. The second-order valence-corrected chi connectivity index (χ2v) is 8.09. The molecule has 1 atom stereocenters. The molecule has 3 rings (SSSR count). The van der Waals surface area contributed by atoms with Crippen molar-refractivity contribution >= 4 is 29.0 Å². The van der Waals surface area contributed by atoms with E-state index in [4.69, 9.17) is 0 Å². The lowest BCUT2D eigenvalue weighted by Gasteiger charge is -2.34. The zero-order valence-electron chi connectivity index (χ0n) is 17.0. The van der Waals surface area contributed by atoms with Gasteiger partial charge in [0.25, 0.3) is 5.91 Å². The number of halogens is 1. The minimum absolute atomic E-state index is 0.138. The summed E-state index contributed by atoms with van der Waals surface area (Å²) in [4.78, 5) is 28.2. The second kappa shape index (κ2) is 9.13. The van der Waals surface area contributed by atoms with Crippen molar-refractivity contribution in [1.29, 1.82) is 0 Å². The predicted molar refractivity (Wildman–Crippen MR) is 115 cm³/mol. The van der Waals surface area contributed by atoms with Crippen LogP contribution in [0.2, 0.25) is 0 Å². The average molecular weight is 427 g/mol. The Morgan fingerprint density at radius 2 is 1.80 bits per heavy atom. The molecule has 2 amide bonds. The lowest BCUT2D eigenvalue weighted by molar-refractivity contribution is -0.124. The van der Waals surface area contributed by atoms with Crippen LogP contribution in [0.25, 0.3) is 0 Å². The maximum atomic E-state index is 13.6. The Morgan fingerprint density at radius 3 is 2.37 bits per heavy atom. The lowest BCUT2D eigenvalue weighted by Crippen LogP contribution is -2.50. The van der Waals surface area contributed by atoms with E-state index in [9.17, 15) is 14.0 Å². The van der Waals surface area contributed by atoms with Crippen LogP contribution in [0.3, 0.4) is 0 Å². The number of anilines is 1. The Labute approximate surface area is 178 Å². The monoisotopic (exact) mass is 426 g/mol. The Morgan fingerprint density at radius 1 is 1.13 bits per heavy atom. The summed E-state index contributed by atoms with van der Waals surface area (Å²) in [5, 5.41) is 8.43. The molecule has 0 saturated heterocycles. The third-order valence-corrected chi connectivity index (χ3v) is 5.37. The quantitative estimate of drug-likeness (QED) is 0.609. The number of rotatable bonds is 7. The van der Waals surface area contributed by atoms with Gasteiger partial charge in [-0.05, 0) is 61.6 Å². The van der Waals surface area contributed by atoms with Gasteiger partial charge < -0.3 is 5.32 Å². The molecule has 1 unspecified atom stereocenters. The van der Waals surface area contributed by atoms with Crippen LogP contribution in [0.5, 0.6) is 0 Å². The molecule has 0 aliphatic rings. The minimum Gasteiger partial charge on any atom is -0.349 e. The van der Waals surface area contributed by atoms with Crippen molar-refractivity contribution in [2.24, 2.45) is 0 Å². The van der Waals surface area contributed by atoms with Crippen molar-refractivity contribution in [2.75, 3.05) is 4.90 Å². The zero-order chi connectivity index (χ0) is 21.7. The van der Waals surface area contributed by atoms with Gasteiger partial charge in [-0.3, -0.25) is 14.5 Å². The van der Waals surface area contributed by atoms with Gasteiger partial charge in [-0.1, -0.05) is 41.7 Å². The molecular weight excluding hydrogens is 403 g/mol. The Hall–Kier alpha value is -3.13. The van der Waals surface area contributed by atoms with Gasteiger partial charge in [-0.25, -0.2) is 4.39 Å². The lowest BCUT2D eigenvalue weighted by atomic mass is 9.98. The van der Waals surface area contributed by atoms with Crippen LogP contribution < -0.4 is 10.2 Å². The van der Waals surface area contributed by atoms with Crippen LogP contribution in [-0.4, -0.2) is 26.9 Å². The maximum Gasteiger partial charge on any atom is 0.280 e. The topological polar surface area (TPSA) is 75.2 Å². The molecule has 0 radical (unpaired) electrons. The van der Waals surface area contributed by atoms with E-state index in [0.29, 0.717) is 17.7 Å². The van der Waals surface area contributed by atoms with Crippen LogP contribution in [0, 0.1) is 5.82 Å². The molecular formula is C22H23FN4O2S. The van der Waals surface area contributed by atoms with Crippen molar-refractivity contribution in [3.8, 4) is 0 Å². The van der Waals surface area contributed by atoms with Gasteiger partial charge in [-0.2, -0.15) is 0 Å². The smallest absolute Gasteiger partial charge is 0.280 e. The summed E-state index contributed by atoms with van der Waals surface area (Å²) in [7, 11) is 0. The second-order valence-electron chi connectivity index (χ2n) is 7.48. The van der Waals surface area contributed by atoms with Crippen LogP contribution >= 0.6 is 11.5 Å². The molecule has 0 saturated carbocycles. The number of hydrogen-bond acceptors (Lipinski definition) is 5. The van der Waals surface area contributed by atoms with Crippen LogP contribution in [0.15, 0.2) is 60.0 Å². The normalized spacial score (nSPS) is 12.3. The highest BCUT2D eigenvalue weighted by molar-refractivity contribution is 7.03. The van der Waals surface area contributed by atoms with E-state index < -0.39 is 23.3 Å². The van der Waals surface area contributed by atoms with Crippen molar-refractivity contribution in [1.82, 2.24) is 14.9 Å². The van der Waals surface area contributed by atoms with Crippen molar-refractivity contribution in [2.45, 2.75) is 38.8 Å². The molecule has 0 aliphatic carbocycles. The van der Waals surface area contributed by atoms with Gasteiger partial charge >= 0.3 is 0 Å². The highest BCUT2D eigenvalue weighted by atomic mass is 32.1. The molecule has 3 aromatic rings. The van der Waals surface area contributed by atoms with Gasteiger partial charge in [-0.15, -0.1) is 5.10 Å². The molecule has 1 aromatic heterocycles. The number of aromatic nitrogens is 2. The predicted octanol–water partition coefficient (Wildman–Crippen LogP) is 4.37. The van der Waals surface area contributed by atoms with E-state index >= 15 is 0 Å². The number of amides is 2. The minimum atomic E-state index is -1.02. The van der Waals surface area contributed by atoms with E-state index in [0.717, 1.165) is 11.5 Å². The van der Waals surface area contributed by atoms with E-state index in [2.05, 4.69) is 14.9 Å². The first-order chi connectivity index (χ1) is 14.3. The van der Waals surface area contributed by atoms with Crippen LogP contribution in [0.4, 0.5) is 10.1 Å². The first kappa shape index (κ1) is 21.6. The SMILES string of the molecule is CCC(C)(C)NC(=O)C(c1ccc(F)cc1)N(C(=O)c1csnn1)c1ccccc1. The van der Waals surface area contributed by atoms with E-state index in [1.807, 2.05) is 26.8 Å². The molecule has 0 spiro atoms. The number of nitrogens with one attached hydrogen (secondary N) is 1. The van der Waals surface area contributed by atoms with Crippen molar-refractivity contribution in [3.63, 3.8) is 0 Å². The first-order valence-electron chi connectivity index (χ1n) is 9.55. The molecule has 6 nitrogen and oxygen atoms in total. The van der Waals surface area contributed by atoms with Crippen molar-refractivity contribution in [3.05, 3.63) is 77.1 Å².